The third-order valence-electron chi connectivity index (χ3n) is 3.93. The van der Waals surface area contributed by atoms with Crippen LogP contribution in [0.1, 0.15) is 30.0 Å². The van der Waals surface area contributed by atoms with Crippen LogP contribution in [0.4, 0.5) is 4.39 Å². The topological polar surface area (TPSA) is 64.0 Å². The van der Waals surface area contributed by atoms with Crippen molar-refractivity contribution < 1.29 is 9.18 Å². The van der Waals surface area contributed by atoms with E-state index in [1.807, 2.05) is 0 Å². The minimum absolute atomic E-state index is 0.143. The molecule has 5 nitrogen and oxygen atoms in total. The Bertz CT molecular complexity index is 797. The molecule has 1 amide bonds. The predicted octanol–water partition coefficient (Wildman–Crippen LogP) is 2.27. The molecule has 1 fully saturated rings. The van der Waals surface area contributed by atoms with Crippen LogP contribution in [0.15, 0.2) is 35.1 Å². The normalized spacial score (nSPS) is 13.8. The van der Waals surface area contributed by atoms with Gasteiger partial charge in [0.1, 0.15) is 5.82 Å². The highest BCUT2D eigenvalue weighted by Gasteiger charge is 2.25. The van der Waals surface area contributed by atoms with E-state index < -0.39 is 5.82 Å². The van der Waals surface area contributed by atoms with Gasteiger partial charge in [0, 0.05) is 29.1 Å². The van der Waals surface area contributed by atoms with Gasteiger partial charge in [0.25, 0.3) is 5.56 Å². The molecule has 2 aromatic rings. The van der Waals surface area contributed by atoms with Crippen molar-refractivity contribution in [1.82, 2.24) is 15.1 Å². The second-order valence-electron chi connectivity index (χ2n) is 5.82. The van der Waals surface area contributed by atoms with Crippen LogP contribution >= 0.6 is 11.6 Å². The molecule has 1 heterocycles. The quantitative estimate of drug-likeness (QED) is 0.870. The number of nitrogens with one attached hydrogen (secondary N) is 1. The molecule has 24 heavy (non-hydrogen) atoms. The van der Waals surface area contributed by atoms with Crippen LogP contribution in [-0.2, 0) is 17.8 Å². The molecule has 1 aromatic heterocycles. The minimum Gasteiger partial charge on any atom is -0.354 e. The fourth-order valence-electron chi connectivity index (χ4n) is 2.45. The molecule has 0 unspecified atom stereocenters. The molecule has 0 bridgehead atoms. The van der Waals surface area contributed by atoms with Gasteiger partial charge in [-0.2, -0.15) is 5.10 Å². The van der Waals surface area contributed by atoms with Crippen LogP contribution in [0.3, 0.4) is 0 Å². The number of halogens is 2. The number of aromatic nitrogens is 2. The lowest BCUT2D eigenvalue weighted by Crippen LogP contribution is -2.33. The summed E-state index contributed by atoms with van der Waals surface area (Å²) in [7, 11) is 0. The summed E-state index contributed by atoms with van der Waals surface area (Å²) in [6.45, 7) is 0.516. The number of benzene rings is 1. The Hall–Kier alpha value is -2.21. The van der Waals surface area contributed by atoms with Gasteiger partial charge in [-0.05, 0) is 31.0 Å². The van der Waals surface area contributed by atoms with Crippen LogP contribution in [0, 0.1) is 5.82 Å². The summed E-state index contributed by atoms with van der Waals surface area (Å²) in [5.41, 5.74) is 0.882. The van der Waals surface area contributed by atoms with Crippen LogP contribution in [0.2, 0.25) is 5.02 Å². The molecule has 3 rings (SSSR count). The summed E-state index contributed by atoms with van der Waals surface area (Å²) in [6, 6.07) is 7.56. The summed E-state index contributed by atoms with van der Waals surface area (Å²) in [6.07, 6.45) is 2.06. The Morgan fingerprint density at radius 3 is 2.83 bits per heavy atom. The van der Waals surface area contributed by atoms with Crippen molar-refractivity contribution in [3.05, 3.63) is 62.8 Å². The fraction of sp³-hybridized carbons (Fsp3) is 0.353. The van der Waals surface area contributed by atoms with E-state index in [0.717, 1.165) is 18.5 Å². The zero-order valence-corrected chi connectivity index (χ0v) is 13.7. The summed E-state index contributed by atoms with van der Waals surface area (Å²) in [4.78, 5) is 23.7. The lowest BCUT2D eigenvalue weighted by atomic mass is 10.1. The molecular weight excluding hydrogens is 333 g/mol. The lowest BCUT2D eigenvalue weighted by Gasteiger charge is -2.09. The van der Waals surface area contributed by atoms with E-state index in [1.54, 1.807) is 12.1 Å². The molecule has 7 heteroatoms. The highest BCUT2D eigenvalue weighted by Crippen LogP contribution is 2.38. The molecule has 1 N–H and O–H groups in total. The van der Waals surface area contributed by atoms with Crippen LogP contribution in [0.5, 0.6) is 0 Å². The molecule has 1 aliphatic carbocycles. The minimum atomic E-state index is -0.507. The van der Waals surface area contributed by atoms with E-state index in [9.17, 15) is 14.0 Å². The van der Waals surface area contributed by atoms with Crippen molar-refractivity contribution in [3.63, 3.8) is 0 Å². The van der Waals surface area contributed by atoms with Gasteiger partial charge in [-0.25, -0.2) is 9.07 Å². The third kappa shape index (κ3) is 4.00. The van der Waals surface area contributed by atoms with Gasteiger partial charge in [0.2, 0.25) is 5.91 Å². The molecule has 0 saturated heterocycles. The Morgan fingerprint density at radius 2 is 2.12 bits per heavy atom. The summed E-state index contributed by atoms with van der Waals surface area (Å²) >= 11 is 5.90. The Kier molecular flexibility index (Phi) is 4.94. The molecule has 0 spiro atoms. The third-order valence-corrected chi connectivity index (χ3v) is 4.28. The van der Waals surface area contributed by atoms with Crippen LogP contribution in [-0.4, -0.2) is 22.2 Å². The van der Waals surface area contributed by atoms with E-state index in [2.05, 4.69) is 10.4 Å². The maximum absolute atomic E-state index is 13.7. The number of hydrogen-bond acceptors (Lipinski definition) is 3. The van der Waals surface area contributed by atoms with Crippen molar-refractivity contribution in [2.75, 3.05) is 6.54 Å². The zero-order chi connectivity index (χ0) is 17.1. The lowest BCUT2D eigenvalue weighted by molar-refractivity contribution is -0.120. The molecule has 126 valence electrons. The molecule has 1 aliphatic rings. The van der Waals surface area contributed by atoms with Crippen LogP contribution in [0.25, 0.3) is 0 Å². The Morgan fingerprint density at radius 1 is 1.33 bits per heavy atom. The maximum Gasteiger partial charge on any atom is 0.266 e. The first-order valence-corrected chi connectivity index (χ1v) is 8.20. The van der Waals surface area contributed by atoms with Gasteiger partial charge in [-0.3, -0.25) is 9.59 Å². The van der Waals surface area contributed by atoms with E-state index in [4.69, 9.17) is 11.6 Å². The number of carbonyl (C=O) groups excluding carboxylic acids is 1. The predicted molar refractivity (Wildman–Crippen MR) is 88.6 cm³/mol. The Balaban J connectivity index is 1.55. The molecule has 0 radical (unpaired) electrons. The zero-order valence-electron chi connectivity index (χ0n) is 13.0. The second kappa shape index (κ2) is 7.13. The first kappa shape index (κ1) is 16.6. The molecule has 0 atom stereocenters. The second-order valence-corrected chi connectivity index (χ2v) is 6.23. The van der Waals surface area contributed by atoms with Gasteiger partial charge in [-0.1, -0.05) is 17.7 Å². The SMILES string of the molecule is O=C(Cc1c(F)cccc1Cl)NCCn1nc(C2CC2)ccc1=O. The first-order valence-electron chi connectivity index (χ1n) is 7.82. The summed E-state index contributed by atoms with van der Waals surface area (Å²) in [5.74, 6) is -0.407. The van der Waals surface area contributed by atoms with Crippen molar-refractivity contribution >= 4 is 17.5 Å². The number of carbonyl (C=O) groups is 1. The van der Waals surface area contributed by atoms with Crippen molar-refractivity contribution in [2.24, 2.45) is 0 Å². The summed E-state index contributed by atoms with van der Waals surface area (Å²) in [5, 5.41) is 7.20. The average Bonchev–Trinajstić information content (AvgIpc) is 3.38. The van der Waals surface area contributed by atoms with Gasteiger partial charge >= 0.3 is 0 Å². The smallest absolute Gasteiger partial charge is 0.266 e. The molecule has 0 aliphatic heterocycles. The number of rotatable bonds is 6. The average molecular weight is 350 g/mol. The number of hydrogen-bond donors (Lipinski definition) is 1. The molecule has 1 aromatic carbocycles. The largest absolute Gasteiger partial charge is 0.354 e. The summed E-state index contributed by atoms with van der Waals surface area (Å²) < 4.78 is 15.0. The monoisotopic (exact) mass is 349 g/mol. The van der Waals surface area contributed by atoms with E-state index in [1.165, 1.54) is 22.9 Å². The standard InChI is InChI=1S/C17H17ClFN3O2/c18-13-2-1-3-14(19)12(13)10-16(23)20-8-9-22-17(24)7-6-15(21-22)11-4-5-11/h1-3,6-7,11H,4-5,8-10H2,(H,20,23). The van der Waals surface area contributed by atoms with Gasteiger partial charge < -0.3 is 5.32 Å². The number of amides is 1. The van der Waals surface area contributed by atoms with Crippen molar-refractivity contribution in [2.45, 2.75) is 31.7 Å². The molecular formula is C17H17ClFN3O2. The van der Waals surface area contributed by atoms with Crippen molar-refractivity contribution in [1.29, 1.82) is 0 Å². The molecule has 1 saturated carbocycles. The first-order chi connectivity index (χ1) is 11.5. The van der Waals surface area contributed by atoms with Crippen molar-refractivity contribution in [3.8, 4) is 0 Å². The van der Waals surface area contributed by atoms with Gasteiger partial charge in [-0.15, -0.1) is 0 Å². The maximum atomic E-state index is 13.7. The fourth-order valence-corrected chi connectivity index (χ4v) is 2.68. The van der Waals surface area contributed by atoms with Gasteiger partial charge in [0.05, 0.1) is 18.7 Å². The number of nitrogens with zero attached hydrogens (tertiary/aromatic N) is 2. The van der Waals surface area contributed by atoms with Crippen LogP contribution < -0.4 is 10.9 Å². The van der Waals surface area contributed by atoms with E-state index >= 15 is 0 Å². The van der Waals surface area contributed by atoms with Gasteiger partial charge in [0.15, 0.2) is 0 Å². The van der Waals surface area contributed by atoms with E-state index in [-0.39, 0.29) is 41.6 Å². The highest BCUT2D eigenvalue weighted by molar-refractivity contribution is 6.31. The Labute approximate surface area is 143 Å². The van der Waals surface area contributed by atoms with E-state index in [0.29, 0.717) is 5.92 Å². The highest BCUT2D eigenvalue weighted by atomic mass is 35.5.